The number of hydrogen-bond donors (Lipinski definition) is 0. The normalized spacial score (nSPS) is 16.0. The van der Waals surface area contributed by atoms with Crippen molar-refractivity contribution in [1.29, 1.82) is 0 Å². The highest BCUT2D eigenvalue weighted by Gasteiger charge is 2.24. The molecule has 0 saturated carbocycles. The summed E-state index contributed by atoms with van der Waals surface area (Å²) in [6.07, 6.45) is 0. The van der Waals surface area contributed by atoms with E-state index < -0.39 is 0 Å². The summed E-state index contributed by atoms with van der Waals surface area (Å²) in [7, 11) is 0. The second kappa shape index (κ2) is 6.58. The third kappa shape index (κ3) is 3.36. The Labute approximate surface area is 137 Å². The minimum absolute atomic E-state index is 0.0701. The third-order valence-corrected chi connectivity index (χ3v) is 4.38. The Balaban J connectivity index is 1.57. The monoisotopic (exact) mass is 364 g/mol. The fraction of sp³-hybridized carbons (Fsp3) is 0.400. The van der Waals surface area contributed by atoms with Crippen molar-refractivity contribution in [3.05, 3.63) is 46.1 Å². The molecular formula is C15H17BrN4O2. The summed E-state index contributed by atoms with van der Waals surface area (Å²) in [4.78, 5) is 16.6. The number of nitrogens with zero attached hydrogens (tertiary/aromatic N) is 4. The Morgan fingerprint density at radius 1 is 1.23 bits per heavy atom. The van der Waals surface area contributed by atoms with Crippen LogP contribution < -0.4 is 0 Å². The molecule has 1 aromatic heterocycles. The molecule has 0 unspecified atom stereocenters. The van der Waals surface area contributed by atoms with Gasteiger partial charge in [0.25, 0.3) is 5.91 Å². The van der Waals surface area contributed by atoms with E-state index in [0.717, 1.165) is 17.6 Å². The van der Waals surface area contributed by atoms with Crippen molar-refractivity contribution in [2.24, 2.45) is 0 Å². The zero-order valence-electron chi connectivity index (χ0n) is 12.3. The van der Waals surface area contributed by atoms with Crippen LogP contribution in [0.3, 0.4) is 0 Å². The van der Waals surface area contributed by atoms with Crippen LogP contribution in [0.5, 0.6) is 0 Å². The van der Waals surface area contributed by atoms with Crippen LogP contribution in [-0.2, 0) is 6.54 Å². The highest BCUT2D eigenvalue weighted by molar-refractivity contribution is 9.10. The maximum atomic E-state index is 12.5. The molecule has 22 heavy (non-hydrogen) atoms. The molecule has 1 fully saturated rings. The Morgan fingerprint density at radius 2 is 1.95 bits per heavy atom. The molecule has 1 aliphatic heterocycles. The zero-order chi connectivity index (χ0) is 15.5. The van der Waals surface area contributed by atoms with Gasteiger partial charge in [-0.15, -0.1) is 10.2 Å². The number of piperazine rings is 1. The first kappa shape index (κ1) is 15.2. The number of rotatable bonds is 3. The van der Waals surface area contributed by atoms with Crippen molar-refractivity contribution in [2.45, 2.75) is 13.5 Å². The molecule has 6 nitrogen and oxygen atoms in total. The molecule has 1 aromatic carbocycles. The lowest BCUT2D eigenvalue weighted by Gasteiger charge is -2.34. The van der Waals surface area contributed by atoms with Gasteiger partial charge in [-0.3, -0.25) is 9.69 Å². The molecule has 1 amide bonds. The molecule has 1 saturated heterocycles. The van der Waals surface area contributed by atoms with Gasteiger partial charge in [-0.1, -0.05) is 12.1 Å². The number of carbonyl (C=O) groups excluding carboxylic acids is 1. The Hall–Kier alpha value is -1.73. The van der Waals surface area contributed by atoms with Gasteiger partial charge in [-0.25, -0.2) is 0 Å². The molecule has 0 atom stereocenters. The summed E-state index contributed by atoms with van der Waals surface area (Å²) < 4.78 is 6.23. The predicted octanol–water partition coefficient (Wildman–Crippen LogP) is 2.10. The van der Waals surface area contributed by atoms with E-state index in [2.05, 4.69) is 31.0 Å². The first-order valence-electron chi connectivity index (χ1n) is 7.18. The largest absolute Gasteiger partial charge is 0.424 e. The smallest absolute Gasteiger partial charge is 0.255 e. The Morgan fingerprint density at radius 3 is 2.59 bits per heavy atom. The topological polar surface area (TPSA) is 62.5 Å². The molecule has 2 aromatic rings. The van der Waals surface area contributed by atoms with Crippen LogP contribution >= 0.6 is 15.9 Å². The molecule has 0 N–H and O–H groups in total. The van der Waals surface area contributed by atoms with Crippen molar-refractivity contribution in [2.75, 3.05) is 26.2 Å². The minimum atomic E-state index is 0.0701. The number of aryl methyl sites for hydroxylation is 1. The van der Waals surface area contributed by atoms with Gasteiger partial charge in [0.15, 0.2) is 0 Å². The predicted molar refractivity (Wildman–Crippen MR) is 84.4 cm³/mol. The number of halogens is 1. The molecule has 0 radical (unpaired) electrons. The number of amides is 1. The zero-order valence-corrected chi connectivity index (χ0v) is 13.9. The summed E-state index contributed by atoms with van der Waals surface area (Å²) in [6.45, 7) is 5.43. The summed E-state index contributed by atoms with van der Waals surface area (Å²) in [6, 6.07) is 7.53. The fourth-order valence-electron chi connectivity index (χ4n) is 2.51. The first-order chi connectivity index (χ1) is 10.6. The van der Waals surface area contributed by atoms with Crippen LogP contribution in [-0.4, -0.2) is 52.1 Å². The average Bonchev–Trinajstić information content (AvgIpc) is 2.93. The van der Waals surface area contributed by atoms with Gasteiger partial charge >= 0.3 is 0 Å². The van der Waals surface area contributed by atoms with Gasteiger partial charge in [-0.05, 0) is 28.1 Å². The van der Waals surface area contributed by atoms with E-state index in [0.29, 0.717) is 37.0 Å². The van der Waals surface area contributed by atoms with Crippen molar-refractivity contribution in [1.82, 2.24) is 20.0 Å². The van der Waals surface area contributed by atoms with Crippen LogP contribution in [0.2, 0.25) is 0 Å². The molecule has 116 valence electrons. The first-order valence-corrected chi connectivity index (χ1v) is 7.98. The maximum Gasteiger partial charge on any atom is 0.255 e. The Kier molecular flexibility index (Phi) is 4.54. The lowest BCUT2D eigenvalue weighted by Crippen LogP contribution is -2.48. The minimum Gasteiger partial charge on any atom is -0.424 e. The van der Waals surface area contributed by atoms with Gasteiger partial charge < -0.3 is 9.32 Å². The number of aromatic nitrogens is 2. The highest BCUT2D eigenvalue weighted by Crippen LogP contribution is 2.19. The standard InChI is InChI=1S/C15H17BrN4O2/c1-11-17-18-14(22-11)10-19-6-8-20(9-7-19)15(21)12-4-2-3-5-13(12)16/h2-5H,6-10H2,1H3. The van der Waals surface area contributed by atoms with Crippen molar-refractivity contribution < 1.29 is 9.21 Å². The summed E-state index contributed by atoms with van der Waals surface area (Å²) >= 11 is 3.44. The van der Waals surface area contributed by atoms with Gasteiger partial charge in [-0.2, -0.15) is 0 Å². The van der Waals surface area contributed by atoms with Crippen molar-refractivity contribution in [3.8, 4) is 0 Å². The maximum absolute atomic E-state index is 12.5. The number of benzene rings is 1. The summed E-state index contributed by atoms with van der Waals surface area (Å²) in [5, 5.41) is 7.84. The van der Waals surface area contributed by atoms with E-state index in [1.807, 2.05) is 29.2 Å². The van der Waals surface area contributed by atoms with Crippen molar-refractivity contribution >= 4 is 21.8 Å². The molecule has 2 heterocycles. The van der Waals surface area contributed by atoms with E-state index in [-0.39, 0.29) is 5.91 Å². The van der Waals surface area contributed by atoms with E-state index in [4.69, 9.17) is 4.42 Å². The van der Waals surface area contributed by atoms with Gasteiger partial charge in [0.2, 0.25) is 11.8 Å². The summed E-state index contributed by atoms with van der Waals surface area (Å²) in [5.41, 5.74) is 0.712. The molecule has 3 rings (SSSR count). The second-order valence-electron chi connectivity index (χ2n) is 5.26. The molecule has 0 aliphatic carbocycles. The van der Waals surface area contributed by atoms with Gasteiger partial charge in [0.05, 0.1) is 12.1 Å². The molecule has 1 aliphatic rings. The summed E-state index contributed by atoms with van der Waals surface area (Å²) in [5.74, 6) is 1.28. The SMILES string of the molecule is Cc1nnc(CN2CCN(C(=O)c3ccccc3Br)CC2)o1. The van der Waals surface area contributed by atoms with E-state index in [9.17, 15) is 4.79 Å². The number of hydrogen-bond acceptors (Lipinski definition) is 5. The lowest BCUT2D eigenvalue weighted by molar-refractivity contribution is 0.0617. The molecule has 0 bridgehead atoms. The van der Waals surface area contributed by atoms with E-state index >= 15 is 0 Å². The quantitative estimate of drug-likeness (QED) is 0.834. The second-order valence-corrected chi connectivity index (χ2v) is 6.12. The molecular weight excluding hydrogens is 348 g/mol. The van der Waals surface area contributed by atoms with Gasteiger partial charge in [0, 0.05) is 37.6 Å². The average molecular weight is 365 g/mol. The third-order valence-electron chi connectivity index (χ3n) is 3.69. The fourth-order valence-corrected chi connectivity index (χ4v) is 2.96. The number of carbonyl (C=O) groups is 1. The van der Waals surface area contributed by atoms with E-state index in [1.165, 1.54) is 0 Å². The lowest BCUT2D eigenvalue weighted by atomic mass is 10.2. The molecule has 7 heteroatoms. The van der Waals surface area contributed by atoms with Crippen LogP contribution in [0.4, 0.5) is 0 Å². The highest BCUT2D eigenvalue weighted by atomic mass is 79.9. The van der Waals surface area contributed by atoms with Crippen LogP contribution in [0.25, 0.3) is 0 Å². The van der Waals surface area contributed by atoms with Crippen LogP contribution in [0.1, 0.15) is 22.1 Å². The Bertz CT molecular complexity index is 665. The van der Waals surface area contributed by atoms with Crippen LogP contribution in [0, 0.1) is 6.92 Å². The van der Waals surface area contributed by atoms with Gasteiger partial charge in [0.1, 0.15) is 0 Å². The molecule has 0 spiro atoms. The van der Waals surface area contributed by atoms with E-state index in [1.54, 1.807) is 6.92 Å². The van der Waals surface area contributed by atoms with Crippen molar-refractivity contribution in [3.63, 3.8) is 0 Å². The van der Waals surface area contributed by atoms with Crippen LogP contribution in [0.15, 0.2) is 33.2 Å².